The number of para-hydroxylation sites is 1. The number of hydrogen-bond acceptors (Lipinski definition) is 5. The second kappa shape index (κ2) is 6.84. The fourth-order valence-electron chi connectivity index (χ4n) is 3.33. The van der Waals surface area contributed by atoms with Gasteiger partial charge >= 0.3 is 0 Å². The van der Waals surface area contributed by atoms with E-state index in [9.17, 15) is 4.79 Å². The van der Waals surface area contributed by atoms with Gasteiger partial charge in [-0.3, -0.25) is 4.79 Å². The van der Waals surface area contributed by atoms with E-state index < -0.39 is 0 Å². The molecular weight excluding hydrogens is 294 g/mol. The number of allylic oxidation sites excluding steroid dienone is 1. The van der Waals surface area contributed by atoms with Crippen molar-refractivity contribution in [3.63, 3.8) is 0 Å². The van der Waals surface area contributed by atoms with Crippen LogP contribution in [0.3, 0.4) is 0 Å². The monoisotopic (exact) mass is 313 g/mol. The van der Waals surface area contributed by atoms with Gasteiger partial charge in [-0.25, -0.2) is 0 Å². The molecule has 5 heteroatoms. The van der Waals surface area contributed by atoms with Gasteiger partial charge in [-0.1, -0.05) is 18.2 Å². The van der Waals surface area contributed by atoms with E-state index in [2.05, 4.69) is 0 Å². The summed E-state index contributed by atoms with van der Waals surface area (Å²) in [6.07, 6.45) is 3.51. The van der Waals surface area contributed by atoms with Crippen molar-refractivity contribution in [2.45, 2.75) is 31.5 Å². The number of benzene rings is 1. The molecule has 1 aliphatic carbocycles. The van der Waals surface area contributed by atoms with Crippen molar-refractivity contribution in [1.29, 1.82) is 5.26 Å². The van der Waals surface area contributed by atoms with Crippen molar-refractivity contribution in [2.24, 2.45) is 5.92 Å². The van der Waals surface area contributed by atoms with Gasteiger partial charge < -0.3 is 14.2 Å². The van der Waals surface area contributed by atoms with Gasteiger partial charge in [0.25, 0.3) is 0 Å². The number of nitrogens with zero attached hydrogens (tertiary/aromatic N) is 1. The van der Waals surface area contributed by atoms with Crippen LogP contribution < -0.4 is 4.74 Å². The van der Waals surface area contributed by atoms with E-state index in [1.165, 1.54) is 0 Å². The smallest absolute Gasteiger partial charge is 0.173 e. The zero-order chi connectivity index (χ0) is 16.2. The van der Waals surface area contributed by atoms with Gasteiger partial charge in [0.1, 0.15) is 18.5 Å². The summed E-state index contributed by atoms with van der Waals surface area (Å²) in [6.45, 7) is 0.0817. The van der Waals surface area contributed by atoms with Crippen LogP contribution in [-0.2, 0) is 14.3 Å². The van der Waals surface area contributed by atoms with Gasteiger partial charge in [0, 0.05) is 12.0 Å². The topological polar surface area (TPSA) is 68.6 Å². The molecular formula is C18H19NO4. The summed E-state index contributed by atoms with van der Waals surface area (Å²) in [5.41, 5.74) is 1.33. The highest BCUT2D eigenvalue weighted by Crippen LogP contribution is 2.39. The van der Waals surface area contributed by atoms with Crippen molar-refractivity contribution in [2.75, 3.05) is 13.7 Å². The number of Topliss-reactive ketones (excluding diaryl/α,β-unsaturated/α-hetero) is 1. The molecule has 0 saturated heterocycles. The first kappa shape index (κ1) is 15.6. The Bertz CT molecular complexity index is 661. The lowest BCUT2D eigenvalue weighted by molar-refractivity contribution is -0.127. The molecule has 120 valence electrons. The van der Waals surface area contributed by atoms with Gasteiger partial charge in [0.2, 0.25) is 0 Å². The van der Waals surface area contributed by atoms with E-state index in [4.69, 9.17) is 19.5 Å². The number of methoxy groups -OCH3 is 1. The minimum absolute atomic E-state index is 0.00934. The summed E-state index contributed by atoms with van der Waals surface area (Å²) in [5, 5.41) is 8.60. The van der Waals surface area contributed by atoms with E-state index in [1.54, 1.807) is 13.4 Å². The minimum atomic E-state index is -0.168. The molecule has 0 bridgehead atoms. The maximum absolute atomic E-state index is 12.9. The molecule has 1 heterocycles. The normalized spacial score (nSPS) is 26.5. The maximum Gasteiger partial charge on any atom is 0.173 e. The molecule has 3 unspecified atom stereocenters. The molecule has 1 aromatic rings. The highest BCUT2D eigenvalue weighted by molar-refractivity contribution is 6.22. The summed E-state index contributed by atoms with van der Waals surface area (Å²) >= 11 is 0. The van der Waals surface area contributed by atoms with Crippen LogP contribution in [0.1, 0.15) is 24.8 Å². The van der Waals surface area contributed by atoms with Crippen LogP contribution in [0, 0.1) is 17.2 Å². The first-order chi connectivity index (χ1) is 11.2. The van der Waals surface area contributed by atoms with Crippen LogP contribution >= 0.6 is 0 Å². The Labute approximate surface area is 135 Å². The van der Waals surface area contributed by atoms with Crippen LogP contribution in [0.5, 0.6) is 5.75 Å². The highest BCUT2D eigenvalue weighted by atomic mass is 16.5. The second-order valence-electron chi connectivity index (χ2n) is 5.78. The average molecular weight is 313 g/mol. The number of carbonyl (C=O) groups excluding carboxylic acids is 1. The number of rotatable bonds is 4. The van der Waals surface area contributed by atoms with Crippen molar-refractivity contribution in [1.82, 2.24) is 0 Å². The zero-order valence-electron chi connectivity index (χ0n) is 13.0. The largest absolute Gasteiger partial charge is 0.496 e. The lowest BCUT2D eigenvalue weighted by atomic mass is 9.77. The van der Waals surface area contributed by atoms with Crippen molar-refractivity contribution in [3.05, 3.63) is 36.1 Å². The van der Waals surface area contributed by atoms with Gasteiger partial charge in [-0.15, -0.1) is 0 Å². The van der Waals surface area contributed by atoms with Crippen molar-refractivity contribution in [3.8, 4) is 11.8 Å². The predicted molar refractivity (Wildman–Crippen MR) is 83.5 cm³/mol. The third-order valence-corrected chi connectivity index (χ3v) is 4.49. The number of ether oxygens (including phenoxy) is 3. The average Bonchev–Trinajstić information content (AvgIpc) is 2.60. The van der Waals surface area contributed by atoms with E-state index >= 15 is 0 Å². The summed E-state index contributed by atoms with van der Waals surface area (Å²) in [6, 6.07) is 9.44. The molecule has 23 heavy (non-hydrogen) atoms. The Hall–Kier alpha value is -2.32. The van der Waals surface area contributed by atoms with Crippen LogP contribution in [0.15, 0.2) is 30.5 Å². The molecule has 5 nitrogen and oxygen atoms in total. The molecule has 0 spiro atoms. The molecule has 1 aromatic carbocycles. The van der Waals surface area contributed by atoms with Crippen LogP contribution in [0.25, 0.3) is 5.57 Å². The molecule has 3 rings (SSSR count). The number of fused-ring (bicyclic) bond motifs is 1. The Balaban J connectivity index is 1.79. The standard InChI is InChI=1S/C18H19NO4/c1-21-16-5-3-2-4-13(16)15-11-23-17-10-12(22-9-8-19)6-7-14(17)18(15)20/h2-5,11-12,14,17H,6-7,9-10H2,1H3. The van der Waals surface area contributed by atoms with Crippen LogP contribution in [0.4, 0.5) is 0 Å². The summed E-state index contributed by atoms with van der Waals surface area (Å²) < 4.78 is 16.6. The van der Waals surface area contributed by atoms with Gasteiger partial charge in [0.15, 0.2) is 5.78 Å². The Morgan fingerprint density at radius 2 is 2.17 bits per heavy atom. The minimum Gasteiger partial charge on any atom is -0.496 e. The first-order valence-electron chi connectivity index (χ1n) is 7.76. The van der Waals surface area contributed by atoms with Gasteiger partial charge in [-0.2, -0.15) is 5.26 Å². The SMILES string of the molecule is COc1ccccc1C1=COC2CC(OCC#N)CCC2C1=O. The van der Waals surface area contributed by atoms with Crippen LogP contribution in [-0.4, -0.2) is 31.7 Å². The van der Waals surface area contributed by atoms with E-state index in [0.717, 1.165) is 12.0 Å². The molecule has 0 amide bonds. The predicted octanol–water partition coefficient (Wildman–Crippen LogP) is 2.71. The lowest BCUT2D eigenvalue weighted by Gasteiger charge is -2.37. The van der Waals surface area contributed by atoms with Gasteiger partial charge in [0.05, 0.1) is 37.0 Å². The first-order valence-corrected chi connectivity index (χ1v) is 7.76. The molecule has 0 radical (unpaired) electrons. The number of hydrogen-bond donors (Lipinski definition) is 0. The molecule has 1 saturated carbocycles. The molecule has 0 aromatic heterocycles. The Kier molecular flexibility index (Phi) is 4.63. The third kappa shape index (κ3) is 3.08. The maximum atomic E-state index is 12.9. The van der Waals surface area contributed by atoms with Gasteiger partial charge in [-0.05, 0) is 18.9 Å². The number of carbonyl (C=O) groups is 1. The van der Waals surface area contributed by atoms with E-state index in [1.807, 2.05) is 30.3 Å². The Morgan fingerprint density at radius 3 is 2.96 bits per heavy atom. The summed E-state index contributed by atoms with van der Waals surface area (Å²) in [4.78, 5) is 12.9. The highest BCUT2D eigenvalue weighted by Gasteiger charge is 2.41. The quantitative estimate of drug-likeness (QED) is 0.855. The second-order valence-corrected chi connectivity index (χ2v) is 5.78. The van der Waals surface area contributed by atoms with Crippen molar-refractivity contribution >= 4 is 11.4 Å². The van der Waals surface area contributed by atoms with E-state index in [-0.39, 0.29) is 30.5 Å². The summed E-state index contributed by atoms with van der Waals surface area (Å²) in [7, 11) is 1.59. The molecule has 1 aliphatic heterocycles. The Morgan fingerprint density at radius 1 is 1.35 bits per heavy atom. The molecule has 3 atom stereocenters. The molecule has 2 aliphatic rings. The summed E-state index contributed by atoms with van der Waals surface area (Å²) in [5.74, 6) is 0.617. The third-order valence-electron chi connectivity index (χ3n) is 4.49. The zero-order valence-corrected chi connectivity index (χ0v) is 13.0. The van der Waals surface area contributed by atoms with E-state index in [0.29, 0.717) is 24.2 Å². The fraction of sp³-hybridized carbons (Fsp3) is 0.444. The molecule has 1 fully saturated rings. The van der Waals surface area contributed by atoms with Crippen molar-refractivity contribution < 1.29 is 19.0 Å². The fourth-order valence-corrected chi connectivity index (χ4v) is 3.33. The number of nitriles is 1. The lowest BCUT2D eigenvalue weighted by Crippen LogP contribution is -2.41. The molecule has 0 N–H and O–H groups in total. The van der Waals surface area contributed by atoms with Crippen LogP contribution in [0.2, 0.25) is 0 Å². The number of ketones is 1.